The molecule has 19 atom stereocenters. The second-order valence-corrected chi connectivity index (χ2v) is 11.4. The average molecular weight is 662 g/mol. The second kappa shape index (κ2) is 15.9. The topological polar surface area (TPSA) is 321 Å². The Morgan fingerprint density at radius 1 is 0.644 bits per heavy atom. The zero-order chi connectivity index (χ0) is 32.6. The quantitative estimate of drug-likeness (QED) is 0.102. The van der Waals surface area contributed by atoms with Crippen LogP contribution in [0.4, 0.5) is 0 Å². The van der Waals surface area contributed by atoms with E-state index >= 15 is 0 Å². The van der Waals surface area contributed by atoms with Crippen molar-refractivity contribution in [2.45, 2.75) is 131 Å². The number of hydrogen-bond acceptors (Lipinski definition) is 19. The van der Waals surface area contributed by atoms with E-state index < -0.39 is 136 Å². The van der Waals surface area contributed by atoms with Gasteiger partial charge in [0.1, 0.15) is 79.4 Å². The Bertz CT molecular complexity index is 959. The Balaban J connectivity index is 0.00000552. The summed E-state index contributed by atoms with van der Waals surface area (Å²) in [5.41, 5.74) is 0.0225. The molecule has 4 aliphatic rings. The molecule has 3 saturated heterocycles. The maximum Gasteiger partial charge on any atom is 0.187 e. The van der Waals surface area contributed by atoms with Crippen LogP contribution >= 0.6 is 0 Å². The van der Waals surface area contributed by atoms with Crippen molar-refractivity contribution in [2.75, 3.05) is 19.8 Å². The van der Waals surface area contributed by atoms with Gasteiger partial charge in [-0.25, -0.2) is 0 Å². The molecule has 0 saturated carbocycles. The van der Waals surface area contributed by atoms with Crippen LogP contribution in [-0.4, -0.2) is 203 Å². The van der Waals surface area contributed by atoms with Gasteiger partial charge in [0.05, 0.1) is 38.0 Å². The highest BCUT2D eigenvalue weighted by atomic mass is 16.7. The monoisotopic (exact) mass is 661 g/mol. The van der Waals surface area contributed by atoms with Crippen molar-refractivity contribution in [3.63, 3.8) is 0 Å². The van der Waals surface area contributed by atoms with Crippen LogP contribution in [0.5, 0.6) is 0 Å². The summed E-state index contributed by atoms with van der Waals surface area (Å²) in [6, 6.07) is -2.17. The van der Waals surface area contributed by atoms with Gasteiger partial charge in [0.25, 0.3) is 0 Å². The van der Waals surface area contributed by atoms with Crippen molar-refractivity contribution in [3.8, 4) is 0 Å². The number of aliphatic hydroxyl groups excluding tert-OH is 13. The van der Waals surface area contributed by atoms with Gasteiger partial charge in [-0.3, -0.25) is 0 Å². The minimum atomic E-state index is -1.93. The predicted molar refractivity (Wildman–Crippen MR) is 144 cm³/mol. The standard InChI is InChI=1S/C25H43NO18.CH4/c1-6-11(26-8-2-7(3-27)12(30)15(33)13(8)31)14(32)19(37)24(40-6)43-22-10(5-29)42-25(20(38)17(22)35)44-21-9(4-28)41-23(39)18(36)16(21)34;/h2,6,8-39H,3-5H2,1H3;1H4. The first-order valence-corrected chi connectivity index (χ1v) is 14.1. The van der Waals surface area contributed by atoms with Crippen LogP contribution in [0.3, 0.4) is 0 Å². The van der Waals surface area contributed by atoms with Crippen LogP contribution in [0, 0.1) is 0 Å². The third kappa shape index (κ3) is 7.67. The summed E-state index contributed by atoms with van der Waals surface area (Å²) in [6.07, 6.45) is -26.6. The van der Waals surface area contributed by atoms with Gasteiger partial charge in [0.2, 0.25) is 0 Å². The van der Waals surface area contributed by atoms with Crippen LogP contribution in [0.25, 0.3) is 0 Å². The van der Waals surface area contributed by atoms with Gasteiger partial charge in [0.15, 0.2) is 18.9 Å². The van der Waals surface area contributed by atoms with Gasteiger partial charge in [0, 0.05) is 0 Å². The van der Waals surface area contributed by atoms with Gasteiger partial charge in [-0.05, 0) is 12.5 Å². The molecule has 0 aromatic heterocycles. The van der Waals surface area contributed by atoms with Gasteiger partial charge in [-0.15, -0.1) is 0 Å². The predicted octanol–water partition coefficient (Wildman–Crippen LogP) is -7.93. The van der Waals surface area contributed by atoms with Crippen molar-refractivity contribution in [2.24, 2.45) is 0 Å². The number of aliphatic hydroxyl groups is 13. The fraction of sp³-hybridized carbons (Fsp3) is 0.923. The van der Waals surface area contributed by atoms with Gasteiger partial charge in [-0.1, -0.05) is 13.5 Å². The minimum absolute atomic E-state index is 0. The van der Waals surface area contributed by atoms with Crippen molar-refractivity contribution >= 4 is 0 Å². The molecule has 45 heavy (non-hydrogen) atoms. The molecular formula is C26H47NO18. The molecular weight excluding hydrogens is 614 g/mol. The number of ether oxygens (including phenoxy) is 5. The molecule has 3 aliphatic heterocycles. The van der Waals surface area contributed by atoms with Crippen LogP contribution < -0.4 is 5.32 Å². The van der Waals surface area contributed by atoms with E-state index in [9.17, 15) is 66.4 Å². The Hall–Kier alpha value is -1.02. The van der Waals surface area contributed by atoms with Crippen LogP contribution in [0.1, 0.15) is 14.4 Å². The van der Waals surface area contributed by atoms with E-state index in [4.69, 9.17) is 23.7 Å². The number of nitrogens with one attached hydrogen (secondary N) is 1. The van der Waals surface area contributed by atoms with Crippen molar-refractivity contribution in [1.82, 2.24) is 5.32 Å². The Morgan fingerprint density at radius 2 is 1.16 bits per heavy atom. The normalized spacial score (nSPS) is 50.9. The minimum Gasteiger partial charge on any atom is -0.394 e. The summed E-state index contributed by atoms with van der Waals surface area (Å²) in [5.74, 6) is 0. The fourth-order valence-corrected chi connectivity index (χ4v) is 5.81. The molecule has 19 unspecified atom stereocenters. The van der Waals surface area contributed by atoms with Gasteiger partial charge < -0.3 is 95.4 Å². The molecule has 0 radical (unpaired) electrons. The maximum absolute atomic E-state index is 10.9. The zero-order valence-corrected chi connectivity index (χ0v) is 23.5. The molecule has 4 rings (SSSR count). The first kappa shape index (κ1) is 38.4. The van der Waals surface area contributed by atoms with E-state index in [2.05, 4.69) is 5.32 Å². The Morgan fingerprint density at radius 3 is 1.71 bits per heavy atom. The number of hydrogen-bond donors (Lipinski definition) is 14. The average Bonchev–Trinajstić information content (AvgIpc) is 3.00. The van der Waals surface area contributed by atoms with E-state index in [1.807, 2.05) is 0 Å². The highest BCUT2D eigenvalue weighted by Gasteiger charge is 2.53. The second-order valence-electron chi connectivity index (χ2n) is 11.4. The van der Waals surface area contributed by atoms with Crippen LogP contribution in [0.2, 0.25) is 0 Å². The lowest BCUT2D eigenvalue weighted by atomic mass is 9.86. The van der Waals surface area contributed by atoms with E-state index in [1.165, 1.54) is 13.0 Å². The summed E-state index contributed by atoms with van der Waals surface area (Å²) < 4.78 is 27.4. The Labute approximate surface area is 258 Å². The molecule has 0 bridgehead atoms. The smallest absolute Gasteiger partial charge is 0.187 e. The van der Waals surface area contributed by atoms with Crippen LogP contribution in [-0.2, 0) is 23.7 Å². The lowest BCUT2D eigenvalue weighted by molar-refractivity contribution is -0.373. The molecule has 0 spiro atoms. The van der Waals surface area contributed by atoms with Gasteiger partial charge >= 0.3 is 0 Å². The van der Waals surface area contributed by atoms with Crippen molar-refractivity contribution in [3.05, 3.63) is 11.6 Å². The molecule has 264 valence electrons. The maximum atomic E-state index is 10.9. The highest BCUT2D eigenvalue weighted by Crippen LogP contribution is 2.32. The lowest BCUT2D eigenvalue weighted by Gasteiger charge is -2.48. The highest BCUT2D eigenvalue weighted by molar-refractivity contribution is 5.22. The van der Waals surface area contributed by atoms with Crippen LogP contribution in [0.15, 0.2) is 11.6 Å². The largest absolute Gasteiger partial charge is 0.394 e. The molecule has 1 aliphatic carbocycles. The lowest BCUT2D eigenvalue weighted by Crippen LogP contribution is -2.68. The molecule has 19 nitrogen and oxygen atoms in total. The first-order valence-electron chi connectivity index (χ1n) is 14.1. The molecule has 0 amide bonds. The van der Waals surface area contributed by atoms with Crippen molar-refractivity contribution < 1.29 is 90.1 Å². The zero-order valence-electron chi connectivity index (χ0n) is 23.5. The third-order valence-corrected chi connectivity index (χ3v) is 8.48. The Kier molecular flexibility index (Phi) is 13.6. The van der Waals surface area contributed by atoms with Gasteiger partial charge in [-0.2, -0.15) is 0 Å². The molecule has 19 heteroatoms. The molecule has 3 fully saturated rings. The molecule has 0 aromatic carbocycles. The summed E-state index contributed by atoms with van der Waals surface area (Å²) in [5, 5.41) is 136. The van der Waals surface area contributed by atoms with E-state index in [0.717, 1.165) is 0 Å². The van der Waals surface area contributed by atoms with Crippen molar-refractivity contribution in [1.29, 1.82) is 0 Å². The molecule has 0 aromatic rings. The number of rotatable bonds is 9. The first-order chi connectivity index (χ1) is 20.7. The van der Waals surface area contributed by atoms with E-state index in [1.54, 1.807) is 0 Å². The summed E-state index contributed by atoms with van der Waals surface area (Å²) >= 11 is 0. The summed E-state index contributed by atoms with van der Waals surface area (Å²) in [4.78, 5) is 0. The summed E-state index contributed by atoms with van der Waals surface area (Å²) in [7, 11) is 0. The molecule has 3 heterocycles. The fourth-order valence-electron chi connectivity index (χ4n) is 5.81. The molecule has 14 N–H and O–H groups in total. The summed E-state index contributed by atoms with van der Waals surface area (Å²) in [6.45, 7) is -0.753. The SMILES string of the molecule is C.CC1OC(OC2C(CO)OC(OC3C(CO)OC(O)C(O)C3O)C(O)C2O)C(O)C(O)C1NC1C=C(CO)C(O)C(O)C1O. The van der Waals surface area contributed by atoms with E-state index in [-0.39, 0.29) is 13.0 Å². The van der Waals surface area contributed by atoms with E-state index in [0.29, 0.717) is 0 Å². The third-order valence-electron chi connectivity index (χ3n) is 8.48.